The van der Waals surface area contributed by atoms with Gasteiger partial charge in [0, 0.05) is 20.1 Å². The van der Waals surface area contributed by atoms with Crippen LogP contribution in [0.4, 0.5) is 4.39 Å². The molecule has 2 N–H and O–H groups in total. The summed E-state index contributed by atoms with van der Waals surface area (Å²) in [4.78, 5) is 4.07. The van der Waals surface area contributed by atoms with Gasteiger partial charge in [0.25, 0.3) is 0 Å². The number of hydrogen-bond acceptors (Lipinski definition) is 1. The second-order valence-corrected chi connectivity index (χ2v) is 4.01. The maximum absolute atomic E-state index is 12.9. The predicted molar refractivity (Wildman–Crippen MR) is 85.3 cm³/mol. The molecule has 0 bridgehead atoms. The number of aliphatic imine (C=N–C) groups is 1. The SMILES string of the molecule is CCCNC(=NC)NCc1ccc(F)c(Cl)c1.I. The molecule has 0 saturated carbocycles. The molecule has 0 amide bonds. The van der Waals surface area contributed by atoms with Crippen LogP contribution in [0.25, 0.3) is 0 Å². The molecule has 102 valence electrons. The quantitative estimate of drug-likeness (QED) is 0.474. The molecule has 0 aliphatic heterocycles. The highest BCUT2D eigenvalue weighted by atomic mass is 127. The van der Waals surface area contributed by atoms with Crippen LogP contribution in [0.15, 0.2) is 23.2 Å². The van der Waals surface area contributed by atoms with Crippen LogP contribution in [0.5, 0.6) is 0 Å². The fraction of sp³-hybridized carbons (Fsp3) is 0.417. The average molecular weight is 386 g/mol. The van der Waals surface area contributed by atoms with Gasteiger partial charge in [-0.05, 0) is 24.1 Å². The molecule has 1 rings (SSSR count). The molecule has 0 saturated heterocycles. The van der Waals surface area contributed by atoms with Crippen molar-refractivity contribution in [2.45, 2.75) is 19.9 Å². The highest BCUT2D eigenvalue weighted by Crippen LogP contribution is 2.15. The second kappa shape index (κ2) is 9.38. The van der Waals surface area contributed by atoms with Gasteiger partial charge >= 0.3 is 0 Å². The number of rotatable bonds is 4. The summed E-state index contributed by atoms with van der Waals surface area (Å²) < 4.78 is 12.9. The van der Waals surface area contributed by atoms with Crippen molar-refractivity contribution in [3.63, 3.8) is 0 Å². The lowest BCUT2D eigenvalue weighted by Crippen LogP contribution is -2.37. The molecule has 0 unspecified atom stereocenters. The van der Waals surface area contributed by atoms with E-state index in [9.17, 15) is 4.39 Å². The van der Waals surface area contributed by atoms with Gasteiger partial charge in [-0.1, -0.05) is 24.6 Å². The van der Waals surface area contributed by atoms with Crippen molar-refractivity contribution in [3.05, 3.63) is 34.6 Å². The second-order valence-electron chi connectivity index (χ2n) is 3.60. The Morgan fingerprint density at radius 3 is 2.67 bits per heavy atom. The Bertz CT molecular complexity index is 399. The Hall–Kier alpha value is -0.560. The van der Waals surface area contributed by atoms with Crippen LogP contribution in [0, 0.1) is 5.82 Å². The van der Waals surface area contributed by atoms with E-state index in [0.29, 0.717) is 6.54 Å². The summed E-state index contributed by atoms with van der Waals surface area (Å²) in [5.74, 6) is 0.330. The average Bonchev–Trinajstić information content (AvgIpc) is 2.34. The van der Waals surface area contributed by atoms with Crippen molar-refractivity contribution >= 4 is 41.5 Å². The van der Waals surface area contributed by atoms with Crippen LogP contribution in [0.3, 0.4) is 0 Å². The summed E-state index contributed by atoms with van der Waals surface area (Å²) >= 11 is 5.70. The molecule has 0 radical (unpaired) electrons. The lowest BCUT2D eigenvalue weighted by molar-refractivity contribution is 0.627. The van der Waals surface area contributed by atoms with E-state index < -0.39 is 5.82 Å². The zero-order chi connectivity index (χ0) is 12.7. The van der Waals surface area contributed by atoms with Crippen molar-refractivity contribution in [3.8, 4) is 0 Å². The zero-order valence-electron chi connectivity index (χ0n) is 10.5. The first-order valence-corrected chi connectivity index (χ1v) is 5.93. The molecule has 0 spiro atoms. The minimum Gasteiger partial charge on any atom is -0.356 e. The summed E-state index contributed by atoms with van der Waals surface area (Å²) in [5.41, 5.74) is 0.913. The Kier molecular flexibility index (Phi) is 9.09. The van der Waals surface area contributed by atoms with E-state index in [-0.39, 0.29) is 29.0 Å². The molecule has 0 atom stereocenters. The van der Waals surface area contributed by atoms with E-state index in [1.54, 1.807) is 19.2 Å². The number of hydrogen-bond donors (Lipinski definition) is 2. The molecule has 3 nitrogen and oxygen atoms in total. The third-order valence-corrected chi connectivity index (χ3v) is 2.50. The summed E-state index contributed by atoms with van der Waals surface area (Å²) in [7, 11) is 1.71. The van der Waals surface area contributed by atoms with Gasteiger partial charge in [0.05, 0.1) is 5.02 Å². The predicted octanol–water partition coefficient (Wildman–Crippen LogP) is 3.17. The molecule has 18 heavy (non-hydrogen) atoms. The normalized spacial score (nSPS) is 10.8. The molecule has 0 aliphatic carbocycles. The minimum atomic E-state index is -0.399. The Labute approximate surface area is 129 Å². The van der Waals surface area contributed by atoms with Gasteiger partial charge in [-0.15, -0.1) is 24.0 Å². The van der Waals surface area contributed by atoms with E-state index >= 15 is 0 Å². The first kappa shape index (κ1) is 17.4. The lowest BCUT2D eigenvalue weighted by Gasteiger charge is -2.11. The monoisotopic (exact) mass is 385 g/mol. The largest absolute Gasteiger partial charge is 0.356 e. The summed E-state index contributed by atoms with van der Waals surface area (Å²) in [6, 6.07) is 4.67. The molecule has 1 aromatic rings. The molecular formula is C12H18ClFIN3. The molecule has 6 heteroatoms. The summed E-state index contributed by atoms with van der Waals surface area (Å²) in [5, 5.41) is 6.41. The first-order valence-electron chi connectivity index (χ1n) is 5.55. The lowest BCUT2D eigenvalue weighted by atomic mass is 10.2. The molecule has 0 fully saturated rings. The van der Waals surface area contributed by atoms with Crippen LogP contribution in [-0.4, -0.2) is 19.6 Å². The number of benzene rings is 1. The smallest absolute Gasteiger partial charge is 0.191 e. The van der Waals surface area contributed by atoms with Crippen molar-refractivity contribution in [1.82, 2.24) is 10.6 Å². The standard InChI is InChI=1S/C12H17ClFN3.HI/c1-3-6-16-12(15-2)17-8-9-4-5-11(14)10(13)7-9;/h4-5,7H,3,6,8H2,1-2H3,(H2,15,16,17);1H. The van der Waals surface area contributed by atoms with Gasteiger partial charge in [0.15, 0.2) is 5.96 Å². The molecule has 0 heterocycles. The Balaban J connectivity index is 0.00000289. The van der Waals surface area contributed by atoms with Crippen LogP contribution in [-0.2, 0) is 6.54 Å². The number of nitrogens with one attached hydrogen (secondary N) is 2. The van der Waals surface area contributed by atoms with E-state index in [0.717, 1.165) is 24.5 Å². The third-order valence-electron chi connectivity index (χ3n) is 2.21. The highest BCUT2D eigenvalue weighted by molar-refractivity contribution is 14.0. The number of nitrogens with zero attached hydrogens (tertiary/aromatic N) is 1. The molecule has 0 aromatic heterocycles. The van der Waals surface area contributed by atoms with Crippen LogP contribution in [0.1, 0.15) is 18.9 Å². The molecule has 0 aliphatic rings. The van der Waals surface area contributed by atoms with Crippen LogP contribution < -0.4 is 10.6 Å². The maximum atomic E-state index is 12.9. The van der Waals surface area contributed by atoms with Crippen LogP contribution >= 0.6 is 35.6 Å². The number of halogens is 3. The van der Waals surface area contributed by atoms with E-state index in [1.165, 1.54) is 6.07 Å². The van der Waals surface area contributed by atoms with Crippen molar-refractivity contribution in [2.75, 3.05) is 13.6 Å². The topological polar surface area (TPSA) is 36.4 Å². The fourth-order valence-electron chi connectivity index (χ4n) is 1.30. The van der Waals surface area contributed by atoms with Gasteiger partial charge in [0.1, 0.15) is 5.82 Å². The van der Waals surface area contributed by atoms with Gasteiger partial charge in [-0.2, -0.15) is 0 Å². The minimum absolute atomic E-state index is 0. The Morgan fingerprint density at radius 1 is 1.39 bits per heavy atom. The van der Waals surface area contributed by atoms with Gasteiger partial charge in [-0.25, -0.2) is 4.39 Å². The fourth-order valence-corrected chi connectivity index (χ4v) is 1.50. The first-order chi connectivity index (χ1) is 8.17. The molecular weight excluding hydrogens is 368 g/mol. The zero-order valence-corrected chi connectivity index (χ0v) is 13.6. The Morgan fingerprint density at radius 2 is 2.11 bits per heavy atom. The van der Waals surface area contributed by atoms with E-state index in [4.69, 9.17) is 11.6 Å². The highest BCUT2D eigenvalue weighted by Gasteiger charge is 2.01. The van der Waals surface area contributed by atoms with Gasteiger partial charge < -0.3 is 10.6 Å². The van der Waals surface area contributed by atoms with Crippen molar-refractivity contribution in [1.29, 1.82) is 0 Å². The maximum Gasteiger partial charge on any atom is 0.191 e. The number of guanidine groups is 1. The van der Waals surface area contributed by atoms with Crippen LogP contribution in [0.2, 0.25) is 5.02 Å². The van der Waals surface area contributed by atoms with Gasteiger partial charge in [-0.3, -0.25) is 4.99 Å². The summed E-state index contributed by atoms with van der Waals surface area (Å²) in [6.07, 6.45) is 1.03. The molecule has 1 aromatic carbocycles. The van der Waals surface area contributed by atoms with Gasteiger partial charge in [0.2, 0.25) is 0 Å². The van der Waals surface area contributed by atoms with E-state index in [2.05, 4.69) is 22.5 Å². The van der Waals surface area contributed by atoms with E-state index in [1.807, 2.05) is 0 Å². The van der Waals surface area contributed by atoms with Crippen molar-refractivity contribution in [2.24, 2.45) is 4.99 Å². The third kappa shape index (κ3) is 5.86. The summed E-state index contributed by atoms with van der Waals surface area (Å²) in [6.45, 7) is 3.51. The van der Waals surface area contributed by atoms with Crippen molar-refractivity contribution < 1.29 is 4.39 Å².